The Balaban J connectivity index is 2.18. The average molecular weight is 263 g/mol. The van der Waals surface area contributed by atoms with Crippen LogP contribution in [0.25, 0.3) is 0 Å². The average Bonchev–Trinajstić information content (AvgIpc) is 2.41. The molecule has 0 heterocycles. The van der Waals surface area contributed by atoms with Gasteiger partial charge in [-0.05, 0) is 31.2 Å². The summed E-state index contributed by atoms with van der Waals surface area (Å²) in [6.45, 7) is 7.37. The van der Waals surface area contributed by atoms with Gasteiger partial charge in [-0.2, -0.15) is 0 Å². The molecule has 1 atom stereocenters. The maximum absolute atomic E-state index is 11.8. The lowest BCUT2D eigenvalue weighted by molar-refractivity contribution is -0.132. The molecule has 1 N–H and O–H groups in total. The summed E-state index contributed by atoms with van der Waals surface area (Å²) in [5.74, 6) is 0.656. The van der Waals surface area contributed by atoms with Crippen LogP contribution in [0, 0.1) is 5.92 Å². The molecule has 1 aromatic carbocycles. The van der Waals surface area contributed by atoms with E-state index in [4.69, 9.17) is 4.74 Å². The second kappa shape index (κ2) is 8.70. The lowest BCUT2D eigenvalue weighted by atomic mass is 10.1. The van der Waals surface area contributed by atoms with E-state index >= 15 is 0 Å². The minimum atomic E-state index is -0.403. The second-order valence-corrected chi connectivity index (χ2v) is 5.27. The van der Waals surface area contributed by atoms with Gasteiger partial charge in [-0.3, -0.25) is 4.79 Å². The maximum atomic E-state index is 11.8. The van der Waals surface area contributed by atoms with Gasteiger partial charge >= 0.3 is 0 Å². The predicted molar refractivity (Wildman–Crippen MR) is 77.8 cm³/mol. The van der Waals surface area contributed by atoms with Crippen LogP contribution >= 0.6 is 0 Å². The molecule has 19 heavy (non-hydrogen) atoms. The minimum Gasteiger partial charge on any atom is -0.364 e. The van der Waals surface area contributed by atoms with E-state index in [1.807, 2.05) is 30.3 Å². The third-order valence-corrected chi connectivity index (χ3v) is 2.97. The van der Waals surface area contributed by atoms with E-state index in [9.17, 15) is 4.79 Å². The topological polar surface area (TPSA) is 38.3 Å². The highest BCUT2D eigenvalue weighted by molar-refractivity contribution is 5.80. The third-order valence-electron chi connectivity index (χ3n) is 2.97. The summed E-state index contributed by atoms with van der Waals surface area (Å²) >= 11 is 0. The number of hydrogen-bond donors (Lipinski definition) is 1. The van der Waals surface area contributed by atoms with Crippen LogP contribution in [0.3, 0.4) is 0 Å². The van der Waals surface area contributed by atoms with Gasteiger partial charge in [-0.15, -0.1) is 0 Å². The molecule has 106 valence electrons. The van der Waals surface area contributed by atoms with Crippen molar-refractivity contribution in [2.45, 2.75) is 46.3 Å². The van der Waals surface area contributed by atoms with Crippen molar-refractivity contribution in [3.8, 4) is 0 Å². The fourth-order valence-electron chi connectivity index (χ4n) is 1.74. The van der Waals surface area contributed by atoms with Gasteiger partial charge in [0, 0.05) is 6.54 Å². The quantitative estimate of drug-likeness (QED) is 0.732. The molecule has 0 aromatic heterocycles. The number of carbonyl (C=O) groups is 1. The van der Waals surface area contributed by atoms with E-state index in [0.29, 0.717) is 12.5 Å². The molecule has 0 bridgehead atoms. The first-order valence-corrected chi connectivity index (χ1v) is 7.03. The summed E-state index contributed by atoms with van der Waals surface area (Å²) in [5.41, 5.74) is 1.09. The highest BCUT2D eigenvalue weighted by atomic mass is 16.5. The highest BCUT2D eigenvalue weighted by Gasteiger charge is 2.12. The molecule has 0 radical (unpaired) electrons. The number of nitrogens with one attached hydrogen (secondary N) is 1. The number of amides is 1. The molecule has 3 nitrogen and oxygen atoms in total. The van der Waals surface area contributed by atoms with Gasteiger partial charge in [0.2, 0.25) is 5.91 Å². The van der Waals surface area contributed by atoms with Crippen molar-refractivity contribution in [1.29, 1.82) is 0 Å². The Morgan fingerprint density at radius 3 is 2.53 bits per heavy atom. The van der Waals surface area contributed by atoms with Crippen molar-refractivity contribution in [2.75, 3.05) is 6.54 Å². The zero-order valence-corrected chi connectivity index (χ0v) is 12.2. The summed E-state index contributed by atoms with van der Waals surface area (Å²) in [4.78, 5) is 11.8. The van der Waals surface area contributed by atoms with E-state index in [0.717, 1.165) is 24.9 Å². The first-order valence-electron chi connectivity index (χ1n) is 7.03. The van der Waals surface area contributed by atoms with Crippen LogP contribution < -0.4 is 5.32 Å². The van der Waals surface area contributed by atoms with E-state index in [-0.39, 0.29) is 5.91 Å². The van der Waals surface area contributed by atoms with Crippen LogP contribution in [-0.2, 0) is 16.1 Å². The molecule has 0 spiro atoms. The van der Waals surface area contributed by atoms with Gasteiger partial charge in [0.15, 0.2) is 0 Å². The molecule has 3 heteroatoms. The largest absolute Gasteiger partial charge is 0.364 e. The summed E-state index contributed by atoms with van der Waals surface area (Å²) in [5, 5.41) is 2.91. The van der Waals surface area contributed by atoms with Crippen molar-refractivity contribution >= 4 is 5.91 Å². The molecule has 0 saturated carbocycles. The molecule has 0 aliphatic heterocycles. The van der Waals surface area contributed by atoms with Gasteiger partial charge in [0.05, 0.1) is 6.61 Å². The van der Waals surface area contributed by atoms with Crippen LogP contribution in [0.1, 0.15) is 39.2 Å². The molecule has 0 saturated heterocycles. The van der Waals surface area contributed by atoms with Crippen molar-refractivity contribution in [3.63, 3.8) is 0 Å². The fourth-order valence-corrected chi connectivity index (χ4v) is 1.74. The number of hydrogen-bond acceptors (Lipinski definition) is 2. The zero-order valence-electron chi connectivity index (χ0n) is 12.2. The second-order valence-electron chi connectivity index (χ2n) is 5.27. The standard InChI is InChI=1S/C16H25NO2/c1-13(2)8-7-11-17-16(18)14(3)19-12-15-9-5-4-6-10-15/h4-6,9-10,13-14H,7-8,11-12H2,1-3H3,(H,17,18). The molecule has 1 aromatic rings. The van der Waals surface area contributed by atoms with E-state index in [1.165, 1.54) is 0 Å². The molecule has 1 amide bonds. The van der Waals surface area contributed by atoms with Crippen LogP contribution in [0.15, 0.2) is 30.3 Å². The molecule has 0 aliphatic carbocycles. The number of rotatable bonds is 8. The third kappa shape index (κ3) is 6.97. The summed E-state index contributed by atoms with van der Waals surface area (Å²) in [6.07, 6.45) is 1.76. The normalized spacial score (nSPS) is 12.4. The van der Waals surface area contributed by atoms with Crippen molar-refractivity contribution < 1.29 is 9.53 Å². The maximum Gasteiger partial charge on any atom is 0.248 e. The number of ether oxygens (including phenoxy) is 1. The van der Waals surface area contributed by atoms with Crippen LogP contribution in [0.2, 0.25) is 0 Å². The summed E-state index contributed by atoms with van der Waals surface area (Å²) in [7, 11) is 0. The van der Waals surface area contributed by atoms with Crippen LogP contribution in [-0.4, -0.2) is 18.6 Å². The SMILES string of the molecule is CC(C)CCCNC(=O)C(C)OCc1ccccc1. The molecule has 0 aliphatic rings. The van der Waals surface area contributed by atoms with E-state index < -0.39 is 6.10 Å². The zero-order chi connectivity index (χ0) is 14.1. The predicted octanol–water partition coefficient (Wildman–Crippen LogP) is 3.14. The van der Waals surface area contributed by atoms with E-state index in [2.05, 4.69) is 19.2 Å². The smallest absolute Gasteiger partial charge is 0.248 e. The fraction of sp³-hybridized carbons (Fsp3) is 0.562. The Hall–Kier alpha value is -1.35. The van der Waals surface area contributed by atoms with Gasteiger partial charge in [0.1, 0.15) is 6.10 Å². The van der Waals surface area contributed by atoms with Gasteiger partial charge in [-0.1, -0.05) is 44.2 Å². The Labute approximate surface area is 116 Å². The molecule has 1 rings (SSSR count). The summed E-state index contributed by atoms with van der Waals surface area (Å²) in [6, 6.07) is 9.89. The van der Waals surface area contributed by atoms with Crippen molar-refractivity contribution in [3.05, 3.63) is 35.9 Å². The minimum absolute atomic E-state index is 0.0281. The first-order chi connectivity index (χ1) is 9.09. The molecule has 0 fully saturated rings. The van der Waals surface area contributed by atoms with Gasteiger partial charge in [-0.25, -0.2) is 0 Å². The molecular formula is C16H25NO2. The Bertz CT molecular complexity index is 362. The monoisotopic (exact) mass is 263 g/mol. The Morgan fingerprint density at radius 2 is 1.89 bits per heavy atom. The highest BCUT2D eigenvalue weighted by Crippen LogP contribution is 2.04. The number of carbonyl (C=O) groups excluding carboxylic acids is 1. The van der Waals surface area contributed by atoms with Crippen molar-refractivity contribution in [2.24, 2.45) is 5.92 Å². The molecule has 1 unspecified atom stereocenters. The van der Waals surface area contributed by atoms with Crippen LogP contribution in [0.5, 0.6) is 0 Å². The first kappa shape index (κ1) is 15.7. The lowest BCUT2D eigenvalue weighted by Gasteiger charge is -2.13. The van der Waals surface area contributed by atoms with Crippen molar-refractivity contribution in [1.82, 2.24) is 5.32 Å². The van der Waals surface area contributed by atoms with Crippen LogP contribution in [0.4, 0.5) is 0 Å². The number of benzene rings is 1. The van der Waals surface area contributed by atoms with E-state index in [1.54, 1.807) is 6.92 Å². The lowest BCUT2D eigenvalue weighted by Crippen LogP contribution is -2.35. The summed E-state index contributed by atoms with van der Waals surface area (Å²) < 4.78 is 5.56. The Morgan fingerprint density at radius 1 is 1.21 bits per heavy atom. The molecular weight excluding hydrogens is 238 g/mol. The Kier molecular flexibility index (Phi) is 7.19. The van der Waals surface area contributed by atoms with Gasteiger partial charge < -0.3 is 10.1 Å². The van der Waals surface area contributed by atoms with Gasteiger partial charge in [0.25, 0.3) is 0 Å².